The Kier molecular flexibility index (Phi) is 8.49. The van der Waals surface area contributed by atoms with E-state index >= 15 is 0 Å². The Bertz CT molecular complexity index is 495. The van der Waals surface area contributed by atoms with E-state index in [1.54, 1.807) is 0 Å². The summed E-state index contributed by atoms with van der Waals surface area (Å²) in [4.78, 5) is 0. The molecule has 4 nitrogen and oxygen atoms in total. The minimum Gasteiger partial charge on any atom is -0.396 e. The predicted molar refractivity (Wildman–Crippen MR) is 93.3 cm³/mol. The van der Waals surface area contributed by atoms with E-state index < -0.39 is 0 Å². The SMILES string of the molecule is OCC(CO)C(COCc1ccccc1)COCc1ccccc1. The second kappa shape index (κ2) is 10.9. The first-order chi connectivity index (χ1) is 11.8. The highest BCUT2D eigenvalue weighted by atomic mass is 16.5. The van der Waals surface area contributed by atoms with Crippen molar-refractivity contribution >= 4 is 0 Å². The third-order valence-electron chi connectivity index (χ3n) is 4.02. The van der Waals surface area contributed by atoms with Gasteiger partial charge in [0.1, 0.15) is 0 Å². The second-order valence-corrected chi connectivity index (χ2v) is 5.89. The summed E-state index contributed by atoms with van der Waals surface area (Å²) in [6.45, 7) is 1.75. The highest BCUT2D eigenvalue weighted by molar-refractivity contribution is 5.14. The van der Waals surface area contributed by atoms with Crippen molar-refractivity contribution in [3.8, 4) is 0 Å². The van der Waals surface area contributed by atoms with Crippen molar-refractivity contribution in [2.45, 2.75) is 13.2 Å². The Labute approximate surface area is 143 Å². The van der Waals surface area contributed by atoms with Crippen molar-refractivity contribution in [3.63, 3.8) is 0 Å². The van der Waals surface area contributed by atoms with Crippen LogP contribution in [0.1, 0.15) is 11.1 Å². The average Bonchev–Trinajstić information content (AvgIpc) is 2.64. The first-order valence-corrected chi connectivity index (χ1v) is 8.28. The van der Waals surface area contributed by atoms with Crippen LogP contribution in [0.5, 0.6) is 0 Å². The van der Waals surface area contributed by atoms with Crippen LogP contribution in [0.15, 0.2) is 60.7 Å². The first-order valence-electron chi connectivity index (χ1n) is 8.28. The fourth-order valence-electron chi connectivity index (χ4n) is 2.48. The average molecular weight is 330 g/mol. The van der Waals surface area contributed by atoms with E-state index in [0.717, 1.165) is 11.1 Å². The lowest BCUT2D eigenvalue weighted by atomic mass is 9.95. The summed E-state index contributed by atoms with van der Waals surface area (Å²) in [5, 5.41) is 18.9. The quantitative estimate of drug-likeness (QED) is 0.665. The van der Waals surface area contributed by atoms with Crippen molar-refractivity contribution in [1.29, 1.82) is 0 Å². The molecule has 0 bridgehead atoms. The van der Waals surface area contributed by atoms with E-state index in [0.29, 0.717) is 26.4 Å². The Balaban J connectivity index is 1.80. The smallest absolute Gasteiger partial charge is 0.0717 e. The van der Waals surface area contributed by atoms with Crippen molar-refractivity contribution < 1.29 is 19.7 Å². The first kappa shape index (κ1) is 18.6. The normalized spacial score (nSPS) is 11.3. The lowest BCUT2D eigenvalue weighted by molar-refractivity contribution is -0.0207. The predicted octanol–water partition coefficient (Wildman–Crippen LogP) is 2.64. The fraction of sp³-hybridized carbons (Fsp3) is 0.400. The molecule has 2 rings (SSSR count). The van der Waals surface area contributed by atoms with E-state index in [9.17, 15) is 10.2 Å². The molecule has 0 unspecified atom stereocenters. The molecule has 0 fully saturated rings. The molecule has 4 heteroatoms. The summed E-state index contributed by atoms with van der Waals surface area (Å²) in [7, 11) is 0. The van der Waals surface area contributed by atoms with Crippen LogP contribution in [0.3, 0.4) is 0 Å². The molecule has 0 atom stereocenters. The van der Waals surface area contributed by atoms with Gasteiger partial charge < -0.3 is 19.7 Å². The molecule has 130 valence electrons. The molecule has 2 aromatic carbocycles. The molecule has 0 amide bonds. The number of rotatable bonds is 11. The van der Waals surface area contributed by atoms with E-state index in [-0.39, 0.29) is 25.0 Å². The van der Waals surface area contributed by atoms with Crippen LogP contribution in [-0.2, 0) is 22.7 Å². The number of aliphatic hydroxyl groups is 2. The van der Waals surface area contributed by atoms with Crippen molar-refractivity contribution in [3.05, 3.63) is 71.8 Å². The van der Waals surface area contributed by atoms with E-state index in [2.05, 4.69) is 0 Å². The topological polar surface area (TPSA) is 58.9 Å². The van der Waals surface area contributed by atoms with E-state index in [1.165, 1.54) is 0 Å². The van der Waals surface area contributed by atoms with E-state index in [4.69, 9.17) is 9.47 Å². The summed E-state index contributed by atoms with van der Waals surface area (Å²) in [5.74, 6) is -0.288. The van der Waals surface area contributed by atoms with Crippen molar-refractivity contribution in [2.75, 3.05) is 26.4 Å². The molecule has 0 heterocycles. The van der Waals surface area contributed by atoms with Gasteiger partial charge in [-0.1, -0.05) is 60.7 Å². The maximum absolute atomic E-state index is 9.46. The number of ether oxygens (including phenoxy) is 2. The van der Waals surface area contributed by atoms with Crippen molar-refractivity contribution in [1.82, 2.24) is 0 Å². The minimum atomic E-state index is -0.239. The standard InChI is InChI=1S/C20H26O4/c21-11-19(12-22)20(15-23-13-17-7-3-1-4-8-17)16-24-14-18-9-5-2-6-10-18/h1-10,19-22H,11-16H2. The fourth-order valence-corrected chi connectivity index (χ4v) is 2.48. The van der Waals surface area contributed by atoms with Gasteiger partial charge in [-0.15, -0.1) is 0 Å². The van der Waals surface area contributed by atoms with Gasteiger partial charge in [-0.2, -0.15) is 0 Å². The van der Waals surface area contributed by atoms with Gasteiger partial charge >= 0.3 is 0 Å². The molecular formula is C20H26O4. The number of hydrogen-bond donors (Lipinski definition) is 2. The molecule has 0 aliphatic heterocycles. The van der Waals surface area contributed by atoms with Crippen molar-refractivity contribution in [2.24, 2.45) is 11.8 Å². The molecule has 0 saturated heterocycles. The maximum atomic E-state index is 9.46. The molecule has 0 aliphatic rings. The lowest BCUT2D eigenvalue weighted by Gasteiger charge is -2.24. The van der Waals surface area contributed by atoms with Gasteiger partial charge in [-0.25, -0.2) is 0 Å². The number of benzene rings is 2. The second-order valence-electron chi connectivity index (χ2n) is 5.89. The van der Waals surface area contributed by atoms with Crippen LogP contribution in [0, 0.1) is 11.8 Å². The Morgan fingerprint density at radius 3 is 1.42 bits per heavy atom. The molecule has 24 heavy (non-hydrogen) atoms. The van der Waals surface area contributed by atoms with Gasteiger partial charge in [0.2, 0.25) is 0 Å². The summed E-state index contributed by atoms with van der Waals surface area (Å²) >= 11 is 0. The van der Waals surface area contributed by atoms with Crippen LogP contribution >= 0.6 is 0 Å². The number of hydrogen-bond acceptors (Lipinski definition) is 4. The molecule has 2 aromatic rings. The highest BCUT2D eigenvalue weighted by Crippen LogP contribution is 2.15. The van der Waals surface area contributed by atoms with Gasteiger partial charge in [0.05, 0.1) is 26.4 Å². The minimum absolute atomic E-state index is 0.0487. The summed E-state index contributed by atoms with van der Waals surface area (Å²) in [6, 6.07) is 19.9. The van der Waals surface area contributed by atoms with Gasteiger partial charge in [0, 0.05) is 25.0 Å². The Morgan fingerprint density at radius 1 is 0.625 bits per heavy atom. The van der Waals surface area contributed by atoms with Crippen LogP contribution < -0.4 is 0 Å². The van der Waals surface area contributed by atoms with Gasteiger partial charge in [-0.05, 0) is 11.1 Å². The van der Waals surface area contributed by atoms with Crippen LogP contribution in [0.25, 0.3) is 0 Å². The third kappa shape index (κ3) is 6.42. The summed E-state index contributed by atoms with van der Waals surface area (Å²) < 4.78 is 11.5. The molecule has 0 radical (unpaired) electrons. The zero-order chi connectivity index (χ0) is 17.0. The monoisotopic (exact) mass is 330 g/mol. The Morgan fingerprint density at radius 2 is 1.04 bits per heavy atom. The van der Waals surface area contributed by atoms with Crippen LogP contribution in [0.2, 0.25) is 0 Å². The molecule has 0 saturated carbocycles. The zero-order valence-electron chi connectivity index (χ0n) is 13.9. The molecule has 2 N–H and O–H groups in total. The van der Waals surface area contributed by atoms with Crippen LogP contribution in [0.4, 0.5) is 0 Å². The van der Waals surface area contributed by atoms with Crippen LogP contribution in [-0.4, -0.2) is 36.6 Å². The summed E-state index contributed by atoms with van der Waals surface area (Å²) in [6.07, 6.45) is 0. The van der Waals surface area contributed by atoms with E-state index in [1.807, 2.05) is 60.7 Å². The zero-order valence-corrected chi connectivity index (χ0v) is 13.9. The van der Waals surface area contributed by atoms with Gasteiger partial charge in [0.25, 0.3) is 0 Å². The molecular weight excluding hydrogens is 304 g/mol. The highest BCUT2D eigenvalue weighted by Gasteiger charge is 2.21. The maximum Gasteiger partial charge on any atom is 0.0717 e. The third-order valence-corrected chi connectivity index (χ3v) is 4.02. The van der Waals surface area contributed by atoms with Gasteiger partial charge in [0.15, 0.2) is 0 Å². The lowest BCUT2D eigenvalue weighted by Crippen LogP contribution is -2.30. The van der Waals surface area contributed by atoms with Gasteiger partial charge in [-0.3, -0.25) is 0 Å². The summed E-state index contributed by atoms with van der Waals surface area (Å²) in [5.41, 5.74) is 2.21. The number of aliphatic hydroxyl groups excluding tert-OH is 2. The largest absolute Gasteiger partial charge is 0.396 e. The Hall–Kier alpha value is -1.72. The molecule has 0 aromatic heterocycles. The molecule has 0 spiro atoms. The molecule has 0 aliphatic carbocycles.